The molecule has 0 aromatic heterocycles. The van der Waals surface area contributed by atoms with Gasteiger partial charge in [-0.05, 0) is 37.6 Å². The number of ether oxygens (including phenoxy) is 2. The largest absolute Gasteiger partial charge is 0.488 e. The van der Waals surface area contributed by atoms with Gasteiger partial charge in [0.2, 0.25) is 0 Å². The van der Waals surface area contributed by atoms with Gasteiger partial charge >= 0.3 is 5.97 Å². The number of carbonyl (C=O) groups is 2. The predicted molar refractivity (Wildman–Crippen MR) is 83.8 cm³/mol. The minimum atomic E-state index is -0.847. The summed E-state index contributed by atoms with van der Waals surface area (Å²) < 4.78 is 10.7. The fourth-order valence-electron chi connectivity index (χ4n) is 1.95. The number of amides is 1. The Morgan fingerprint density at radius 3 is 2.95 bits per heavy atom. The Balaban J connectivity index is 2.03. The third kappa shape index (κ3) is 4.01. The van der Waals surface area contributed by atoms with E-state index in [1.54, 1.807) is 24.3 Å². The van der Waals surface area contributed by atoms with E-state index >= 15 is 0 Å². The molecule has 2 rings (SSSR count). The van der Waals surface area contributed by atoms with Crippen molar-refractivity contribution in [2.24, 2.45) is 0 Å². The first-order valence-corrected chi connectivity index (χ1v) is 7.50. The van der Waals surface area contributed by atoms with E-state index in [1.807, 2.05) is 6.92 Å². The summed E-state index contributed by atoms with van der Waals surface area (Å²) in [6.07, 6.45) is 1.65. The molecular weight excluding hydrogens is 306 g/mol. The number of esters is 1. The molecule has 0 aliphatic carbocycles. The summed E-state index contributed by atoms with van der Waals surface area (Å²) in [4.78, 5) is 23.8. The lowest BCUT2D eigenvalue weighted by molar-refractivity contribution is -0.151. The number of halogens is 1. The van der Waals surface area contributed by atoms with Gasteiger partial charge in [0.25, 0.3) is 5.91 Å². The van der Waals surface area contributed by atoms with Gasteiger partial charge in [-0.3, -0.25) is 4.79 Å². The highest BCUT2D eigenvalue weighted by atomic mass is 35.5. The van der Waals surface area contributed by atoms with Gasteiger partial charge in [0.15, 0.2) is 6.10 Å². The maximum Gasteiger partial charge on any atom is 0.338 e. The van der Waals surface area contributed by atoms with Crippen LogP contribution in [0.1, 0.15) is 25.8 Å². The summed E-state index contributed by atoms with van der Waals surface area (Å²) in [5.41, 5.74) is 1.07. The van der Waals surface area contributed by atoms with E-state index in [0.717, 1.165) is 6.42 Å². The zero-order valence-corrected chi connectivity index (χ0v) is 13.3. The molecule has 0 bridgehead atoms. The second kappa shape index (κ2) is 7.31. The summed E-state index contributed by atoms with van der Waals surface area (Å²) in [6, 6.07) is 5.18. The monoisotopic (exact) mass is 323 g/mol. The average molecular weight is 324 g/mol. The van der Waals surface area contributed by atoms with E-state index in [0.29, 0.717) is 28.5 Å². The van der Waals surface area contributed by atoms with Crippen molar-refractivity contribution in [2.75, 3.05) is 13.2 Å². The van der Waals surface area contributed by atoms with Crippen molar-refractivity contribution in [3.8, 4) is 5.75 Å². The Bertz CT molecular complexity index is 612. The molecule has 0 spiro atoms. The minimum absolute atomic E-state index is 0.108. The minimum Gasteiger partial charge on any atom is -0.488 e. The van der Waals surface area contributed by atoms with Crippen LogP contribution in [-0.4, -0.2) is 31.1 Å². The van der Waals surface area contributed by atoms with E-state index < -0.39 is 12.1 Å². The number of benzene rings is 1. The molecule has 1 heterocycles. The van der Waals surface area contributed by atoms with Gasteiger partial charge in [-0.15, -0.1) is 0 Å². The number of nitrogens with one attached hydrogen (secondary N) is 1. The Morgan fingerprint density at radius 1 is 1.45 bits per heavy atom. The fraction of sp³-hybridized carbons (Fsp3) is 0.375. The lowest BCUT2D eigenvalue weighted by Crippen LogP contribution is -2.36. The summed E-state index contributed by atoms with van der Waals surface area (Å²) >= 11 is 5.92. The topological polar surface area (TPSA) is 64.6 Å². The normalized spacial score (nSPS) is 14.2. The number of fused-ring (bicyclic) bond motifs is 1. The van der Waals surface area contributed by atoms with Crippen molar-refractivity contribution in [3.05, 3.63) is 34.4 Å². The molecule has 1 aromatic carbocycles. The SMILES string of the molecule is CCCNC(=O)C(C)OC(=O)C1=Cc2cc(Cl)ccc2OC1. The van der Waals surface area contributed by atoms with E-state index in [4.69, 9.17) is 21.1 Å². The van der Waals surface area contributed by atoms with Crippen LogP contribution >= 0.6 is 11.6 Å². The lowest BCUT2D eigenvalue weighted by atomic mass is 10.1. The van der Waals surface area contributed by atoms with Crippen molar-refractivity contribution in [1.29, 1.82) is 0 Å². The average Bonchev–Trinajstić information content (AvgIpc) is 2.51. The van der Waals surface area contributed by atoms with Gasteiger partial charge in [-0.1, -0.05) is 18.5 Å². The van der Waals surface area contributed by atoms with Crippen LogP contribution in [0.25, 0.3) is 6.08 Å². The summed E-state index contributed by atoms with van der Waals surface area (Å²) in [5.74, 6) is -0.213. The molecule has 1 aliphatic heterocycles. The fourth-order valence-corrected chi connectivity index (χ4v) is 2.13. The molecule has 0 radical (unpaired) electrons. The molecule has 0 fully saturated rings. The van der Waals surface area contributed by atoms with Gasteiger partial charge in [-0.25, -0.2) is 4.79 Å². The number of hydrogen-bond acceptors (Lipinski definition) is 4. The van der Waals surface area contributed by atoms with Crippen molar-refractivity contribution in [2.45, 2.75) is 26.4 Å². The molecule has 1 unspecified atom stereocenters. The number of hydrogen-bond donors (Lipinski definition) is 1. The van der Waals surface area contributed by atoms with Crippen LogP contribution in [0.3, 0.4) is 0 Å². The summed E-state index contributed by atoms with van der Waals surface area (Å²) in [6.45, 7) is 4.15. The van der Waals surface area contributed by atoms with Crippen LogP contribution < -0.4 is 10.1 Å². The Kier molecular flexibility index (Phi) is 5.44. The molecule has 1 atom stereocenters. The molecule has 1 aliphatic rings. The van der Waals surface area contributed by atoms with Crippen LogP contribution in [0.5, 0.6) is 5.75 Å². The van der Waals surface area contributed by atoms with Crippen molar-refractivity contribution >= 4 is 29.6 Å². The van der Waals surface area contributed by atoms with Gasteiger partial charge in [0, 0.05) is 17.1 Å². The van der Waals surface area contributed by atoms with E-state index in [1.165, 1.54) is 6.92 Å². The van der Waals surface area contributed by atoms with Gasteiger partial charge in [0.05, 0.1) is 5.57 Å². The molecule has 1 N–H and O–H groups in total. The van der Waals surface area contributed by atoms with Crippen molar-refractivity contribution in [3.63, 3.8) is 0 Å². The van der Waals surface area contributed by atoms with Crippen LogP contribution in [-0.2, 0) is 14.3 Å². The van der Waals surface area contributed by atoms with E-state index in [9.17, 15) is 9.59 Å². The molecule has 0 saturated carbocycles. The zero-order chi connectivity index (χ0) is 16.1. The molecule has 0 saturated heterocycles. The molecule has 118 valence electrons. The van der Waals surface area contributed by atoms with Gasteiger partial charge in [0.1, 0.15) is 12.4 Å². The maximum atomic E-state index is 12.1. The van der Waals surface area contributed by atoms with Crippen molar-refractivity contribution in [1.82, 2.24) is 5.32 Å². The van der Waals surface area contributed by atoms with Crippen LogP contribution in [0, 0.1) is 0 Å². The Hall–Kier alpha value is -2.01. The first-order valence-electron chi connectivity index (χ1n) is 7.13. The smallest absolute Gasteiger partial charge is 0.338 e. The quantitative estimate of drug-likeness (QED) is 0.846. The zero-order valence-electron chi connectivity index (χ0n) is 12.5. The molecule has 1 aromatic rings. The predicted octanol–water partition coefficient (Wildman–Crippen LogP) is 2.57. The molecule has 22 heavy (non-hydrogen) atoms. The van der Waals surface area contributed by atoms with E-state index in [2.05, 4.69) is 5.32 Å². The highest BCUT2D eigenvalue weighted by Gasteiger charge is 2.23. The Morgan fingerprint density at radius 2 is 2.23 bits per heavy atom. The van der Waals surface area contributed by atoms with Gasteiger partial charge < -0.3 is 14.8 Å². The molecular formula is C16H18ClNO4. The molecule has 5 nitrogen and oxygen atoms in total. The summed E-state index contributed by atoms with van der Waals surface area (Å²) in [7, 11) is 0. The van der Waals surface area contributed by atoms with Crippen LogP contribution in [0.15, 0.2) is 23.8 Å². The third-order valence-corrected chi connectivity index (χ3v) is 3.38. The molecule has 1 amide bonds. The second-order valence-corrected chi connectivity index (χ2v) is 5.42. The number of carbonyl (C=O) groups excluding carboxylic acids is 2. The first-order chi connectivity index (χ1) is 10.5. The summed E-state index contributed by atoms with van der Waals surface area (Å²) in [5, 5.41) is 3.24. The lowest BCUT2D eigenvalue weighted by Gasteiger charge is -2.19. The maximum absolute atomic E-state index is 12.1. The third-order valence-electron chi connectivity index (χ3n) is 3.15. The highest BCUT2D eigenvalue weighted by Crippen LogP contribution is 2.29. The van der Waals surface area contributed by atoms with Gasteiger partial charge in [-0.2, -0.15) is 0 Å². The van der Waals surface area contributed by atoms with E-state index in [-0.39, 0.29) is 12.5 Å². The van der Waals surface area contributed by atoms with Crippen LogP contribution in [0.4, 0.5) is 0 Å². The molecule has 6 heteroatoms. The standard InChI is InChI=1S/C16H18ClNO4/c1-3-6-18-15(19)10(2)22-16(20)12-7-11-8-13(17)4-5-14(11)21-9-12/h4-5,7-8,10H,3,6,9H2,1-2H3,(H,18,19). The highest BCUT2D eigenvalue weighted by molar-refractivity contribution is 6.30. The Labute approximate surface area is 134 Å². The van der Waals surface area contributed by atoms with Crippen LogP contribution in [0.2, 0.25) is 5.02 Å². The van der Waals surface area contributed by atoms with Crippen molar-refractivity contribution < 1.29 is 19.1 Å². The second-order valence-electron chi connectivity index (χ2n) is 4.98. The number of rotatable bonds is 5. The first kappa shape index (κ1) is 16.4.